The van der Waals surface area contributed by atoms with Gasteiger partial charge in [-0.1, -0.05) is 15.9 Å². The van der Waals surface area contributed by atoms with Crippen molar-refractivity contribution >= 4 is 37.5 Å². The van der Waals surface area contributed by atoms with E-state index >= 15 is 0 Å². The lowest BCUT2D eigenvalue weighted by Gasteiger charge is -2.14. The molecule has 2 amide bonds. The number of nitrogen functional groups attached to an aromatic ring is 1. The number of anilines is 1. The van der Waals surface area contributed by atoms with E-state index in [-0.39, 0.29) is 28.9 Å². The van der Waals surface area contributed by atoms with Crippen LogP contribution in [0.4, 0.5) is 10.5 Å². The Balaban J connectivity index is 2.12. The second-order valence-electron chi connectivity index (χ2n) is 4.22. The van der Waals surface area contributed by atoms with Gasteiger partial charge in [0.15, 0.2) is 9.84 Å². The van der Waals surface area contributed by atoms with Gasteiger partial charge in [-0.25, -0.2) is 13.2 Å². The molecule has 0 radical (unpaired) electrons. The highest BCUT2D eigenvalue weighted by molar-refractivity contribution is 9.10. The third-order valence-corrected chi connectivity index (χ3v) is 5.14. The van der Waals surface area contributed by atoms with Crippen LogP contribution in [-0.4, -0.2) is 44.7 Å². The van der Waals surface area contributed by atoms with Gasteiger partial charge in [0.2, 0.25) is 0 Å². The first-order valence-corrected chi connectivity index (χ1v) is 8.15. The number of carbonyl (C=O) groups excluding carboxylic acids is 1. The van der Waals surface area contributed by atoms with Crippen LogP contribution in [0.15, 0.2) is 27.6 Å². The average Bonchev–Trinajstić information content (AvgIpc) is 2.72. The molecule has 1 saturated heterocycles. The second kappa shape index (κ2) is 5.38. The van der Waals surface area contributed by atoms with E-state index in [1.54, 1.807) is 12.1 Å². The minimum Gasteiger partial charge on any atom is -0.398 e. The Morgan fingerprint density at radius 2 is 2.16 bits per heavy atom. The summed E-state index contributed by atoms with van der Waals surface area (Å²) in [5, 5.41) is 2.63. The van der Waals surface area contributed by atoms with Crippen LogP contribution in [0.1, 0.15) is 0 Å². The molecule has 0 saturated carbocycles. The highest BCUT2D eigenvalue weighted by Crippen LogP contribution is 2.23. The normalized spacial score (nSPS) is 15.6. The van der Waals surface area contributed by atoms with Crippen LogP contribution in [0.5, 0.6) is 0 Å². The van der Waals surface area contributed by atoms with Gasteiger partial charge in [0.05, 0.1) is 16.3 Å². The molecule has 104 valence electrons. The number of amides is 2. The number of urea groups is 1. The molecule has 1 fully saturated rings. The highest BCUT2D eigenvalue weighted by Gasteiger charge is 2.24. The Bertz CT molecular complexity index is 603. The molecule has 0 bridgehead atoms. The molecule has 0 atom stereocenters. The van der Waals surface area contributed by atoms with Gasteiger partial charge in [-0.3, -0.25) is 0 Å². The summed E-state index contributed by atoms with van der Waals surface area (Å²) in [6.45, 7) is 1.26. The fourth-order valence-corrected chi connectivity index (χ4v) is 3.62. The number of benzene rings is 1. The molecule has 8 heteroatoms. The zero-order valence-electron chi connectivity index (χ0n) is 10.1. The quantitative estimate of drug-likeness (QED) is 0.789. The van der Waals surface area contributed by atoms with E-state index in [0.29, 0.717) is 13.1 Å². The summed E-state index contributed by atoms with van der Waals surface area (Å²) in [7, 11) is -3.49. The van der Waals surface area contributed by atoms with Gasteiger partial charge in [-0.05, 0) is 18.2 Å². The Kier molecular flexibility index (Phi) is 4.00. The molecule has 1 aromatic rings. The van der Waals surface area contributed by atoms with Gasteiger partial charge < -0.3 is 16.0 Å². The molecule has 19 heavy (non-hydrogen) atoms. The summed E-state index contributed by atoms with van der Waals surface area (Å²) in [6, 6.07) is 4.43. The lowest BCUT2D eigenvalue weighted by Crippen LogP contribution is -2.32. The van der Waals surface area contributed by atoms with Crippen LogP contribution in [-0.2, 0) is 9.84 Å². The molecule has 0 aromatic heterocycles. The zero-order chi connectivity index (χ0) is 14.0. The van der Waals surface area contributed by atoms with Crippen LogP contribution in [0.2, 0.25) is 0 Å². The van der Waals surface area contributed by atoms with E-state index in [0.717, 1.165) is 4.47 Å². The van der Waals surface area contributed by atoms with E-state index in [1.807, 2.05) is 0 Å². The molecule has 2 rings (SSSR count). The molecule has 1 aliphatic rings. The highest BCUT2D eigenvalue weighted by atomic mass is 79.9. The van der Waals surface area contributed by atoms with E-state index in [4.69, 9.17) is 5.73 Å². The van der Waals surface area contributed by atoms with Gasteiger partial charge >= 0.3 is 6.03 Å². The minimum absolute atomic E-state index is 0.107. The van der Waals surface area contributed by atoms with Crippen molar-refractivity contribution in [2.45, 2.75) is 4.90 Å². The molecule has 1 heterocycles. The lowest BCUT2D eigenvalue weighted by atomic mass is 10.3. The maximum atomic E-state index is 12.2. The van der Waals surface area contributed by atoms with Crippen molar-refractivity contribution in [3.05, 3.63) is 22.7 Å². The standard InChI is InChI=1S/C11H14BrN3O3S/c12-8-1-2-10(9(13)7-8)19(17,18)6-5-15-4-3-14-11(15)16/h1-2,7H,3-6,13H2,(H,14,16). The number of hydrogen-bond donors (Lipinski definition) is 2. The second-order valence-corrected chi connectivity index (χ2v) is 7.21. The third-order valence-electron chi connectivity index (χ3n) is 2.88. The van der Waals surface area contributed by atoms with Gasteiger partial charge in [0.25, 0.3) is 0 Å². The number of nitrogens with zero attached hydrogens (tertiary/aromatic N) is 1. The predicted molar refractivity (Wildman–Crippen MR) is 75.6 cm³/mol. The summed E-state index contributed by atoms with van der Waals surface area (Å²) in [5.74, 6) is -0.133. The first kappa shape index (κ1) is 14.1. The van der Waals surface area contributed by atoms with Crippen molar-refractivity contribution in [1.82, 2.24) is 10.2 Å². The molecule has 0 spiro atoms. The van der Waals surface area contributed by atoms with Gasteiger partial charge in [0.1, 0.15) is 0 Å². The summed E-state index contributed by atoms with van der Waals surface area (Å²) >= 11 is 3.23. The van der Waals surface area contributed by atoms with Crippen molar-refractivity contribution in [3.8, 4) is 0 Å². The summed E-state index contributed by atoms with van der Waals surface area (Å²) in [5.41, 5.74) is 5.93. The third kappa shape index (κ3) is 3.19. The fraction of sp³-hybridized carbons (Fsp3) is 0.364. The first-order chi connectivity index (χ1) is 8.90. The maximum absolute atomic E-state index is 12.2. The number of carbonyl (C=O) groups is 1. The average molecular weight is 348 g/mol. The van der Waals surface area contributed by atoms with Gasteiger partial charge in [-0.2, -0.15) is 0 Å². The van der Waals surface area contributed by atoms with Crippen LogP contribution in [0, 0.1) is 0 Å². The molecule has 1 aliphatic heterocycles. The summed E-state index contributed by atoms with van der Waals surface area (Å²) in [4.78, 5) is 12.9. The van der Waals surface area contributed by atoms with Crippen molar-refractivity contribution in [2.75, 3.05) is 31.1 Å². The Morgan fingerprint density at radius 1 is 1.42 bits per heavy atom. The monoisotopic (exact) mass is 347 g/mol. The fourth-order valence-electron chi connectivity index (χ4n) is 1.87. The summed E-state index contributed by atoms with van der Waals surface area (Å²) in [6.07, 6.45) is 0. The first-order valence-electron chi connectivity index (χ1n) is 5.71. The molecule has 6 nitrogen and oxygen atoms in total. The predicted octanol–water partition coefficient (Wildman–Crippen LogP) is 0.830. The summed E-state index contributed by atoms with van der Waals surface area (Å²) < 4.78 is 25.1. The number of halogens is 1. The molecule has 0 aliphatic carbocycles. The Labute approximate surface area is 120 Å². The van der Waals surface area contributed by atoms with E-state index in [2.05, 4.69) is 21.2 Å². The molecular formula is C11H14BrN3O3S. The van der Waals surface area contributed by atoms with E-state index < -0.39 is 9.84 Å². The SMILES string of the molecule is Nc1cc(Br)ccc1S(=O)(=O)CCN1CCNC1=O. The number of nitrogens with two attached hydrogens (primary N) is 1. The Morgan fingerprint density at radius 3 is 2.74 bits per heavy atom. The van der Waals surface area contributed by atoms with Gasteiger partial charge in [0, 0.05) is 24.1 Å². The van der Waals surface area contributed by atoms with Crippen LogP contribution < -0.4 is 11.1 Å². The number of hydrogen-bond acceptors (Lipinski definition) is 4. The molecular weight excluding hydrogens is 334 g/mol. The van der Waals surface area contributed by atoms with Crippen molar-refractivity contribution in [2.24, 2.45) is 0 Å². The maximum Gasteiger partial charge on any atom is 0.317 e. The minimum atomic E-state index is -3.49. The number of sulfone groups is 1. The smallest absolute Gasteiger partial charge is 0.317 e. The zero-order valence-corrected chi connectivity index (χ0v) is 12.5. The van der Waals surface area contributed by atoms with Crippen molar-refractivity contribution in [1.29, 1.82) is 0 Å². The van der Waals surface area contributed by atoms with Gasteiger partial charge in [-0.15, -0.1) is 0 Å². The van der Waals surface area contributed by atoms with Crippen LogP contribution >= 0.6 is 15.9 Å². The molecule has 0 unspecified atom stereocenters. The van der Waals surface area contributed by atoms with E-state index in [9.17, 15) is 13.2 Å². The number of nitrogens with one attached hydrogen (secondary N) is 1. The van der Waals surface area contributed by atoms with E-state index in [1.165, 1.54) is 11.0 Å². The largest absolute Gasteiger partial charge is 0.398 e. The topological polar surface area (TPSA) is 92.5 Å². The molecule has 3 N–H and O–H groups in total. The van der Waals surface area contributed by atoms with Crippen molar-refractivity contribution in [3.63, 3.8) is 0 Å². The Hall–Kier alpha value is -1.28. The lowest BCUT2D eigenvalue weighted by molar-refractivity contribution is 0.220. The van der Waals surface area contributed by atoms with Crippen LogP contribution in [0.3, 0.4) is 0 Å². The van der Waals surface area contributed by atoms with Crippen molar-refractivity contribution < 1.29 is 13.2 Å². The van der Waals surface area contributed by atoms with Crippen LogP contribution in [0.25, 0.3) is 0 Å². The molecule has 1 aromatic carbocycles. The number of rotatable bonds is 4.